The number of hydrogen-bond donors (Lipinski definition) is 1. The molecule has 31 heavy (non-hydrogen) atoms. The normalized spacial score (nSPS) is 11.0. The highest BCUT2D eigenvalue weighted by atomic mass is 19.3. The third kappa shape index (κ3) is 4.07. The average molecular weight is 426 g/mol. The number of nitrogens with zero attached hydrogens (tertiary/aromatic N) is 3. The molecule has 158 valence electrons. The van der Waals surface area contributed by atoms with Crippen LogP contribution in [0.2, 0.25) is 0 Å². The van der Waals surface area contributed by atoms with Crippen LogP contribution in [-0.4, -0.2) is 35.7 Å². The summed E-state index contributed by atoms with van der Waals surface area (Å²) >= 11 is 0. The molecule has 0 fully saturated rings. The fraction of sp³-hybridized carbons (Fsp3) is 0.136. The Morgan fingerprint density at radius 2 is 1.84 bits per heavy atom. The number of alkyl halides is 2. The van der Waals surface area contributed by atoms with Gasteiger partial charge in [0.25, 0.3) is 0 Å². The van der Waals surface area contributed by atoms with E-state index in [0.29, 0.717) is 39.4 Å². The van der Waals surface area contributed by atoms with E-state index in [9.17, 15) is 13.2 Å². The van der Waals surface area contributed by atoms with Gasteiger partial charge in [0.1, 0.15) is 28.7 Å². The van der Waals surface area contributed by atoms with Gasteiger partial charge in [0.15, 0.2) is 5.82 Å². The number of methoxy groups -OCH3 is 1. The molecule has 0 aliphatic rings. The van der Waals surface area contributed by atoms with Crippen LogP contribution in [0.25, 0.3) is 33.4 Å². The topological polar surface area (TPSA) is 69.2 Å². The van der Waals surface area contributed by atoms with E-state index >= 15 is 0 Å². The highest BCUT2D eigenvalue weighted by Crippen LogP contribution is 2.39. The van der Waals surface area contributed by atoms with Crippen molar-refractivity contribution in [3.8, 4) is 34.0 Å². The Kier molecular flexibility index (Phi) is 5.57. The van der Waals surface area contributed by atoms with Crippen molar-refractivity contribution in [3.63, 3.8) is 0 Å². The van der Waals surface area contributed by atoms with E-state index in [2.05, 4.69) is 25.0 Å². The van der Waals surface area contributed by atoms with E-state index in [1.165, 1.54) is 7.11 Å². The molecule has 0 atom stereocenters. The zero-order chi connectivity index (χ0) is 22.0. The minimum Gasteiger partial charge on any atom is -0.494 e. The summed E-state index contributed by atoms with van der Waals surface area (Å²) in [5.41, 5.74) is 1.77. The number of hydrogen-bond acceptors (Lipinski definition) is 6. The van der Waals surface area contributed by atoms with Crippen molar-refractivity contribution in [2.24, 2.45) is 0 Å². The predicted octanol–water partition coefficient (Wildman–Crippen LogP) is 5.15. The van der Waals surface area contributed by atoms with Crippen LogP contribution in [0.4, 0.5) is 19.0 Å². The predicted molar refractivity (Wildman–Crippen MR) is 111 cm³/mol. The number of fused-ring (bicyclic) bond motifs is 1. The number of halogens is 3. The van der Waals surface area contributed by atoms with Crippen LogP contribution in [-0.2, 0) is 0 Å². The summed E-state index contributed by atoms with van der Waals surface area (Å²) in [5, 5.41) is 3.58. The van der Waals surface area contributed by atoms with Gasteiger partial charge in [-0.3, -0.25) is 4.98 Å². The Bertz CT molecular complexity index is 1240. The van der Waals surface area contributed by atoms with Gasteiger partial charge in [0.05, 0.1) is 7.11 Å². The van der Waals surface area contributed by atoms with Crippen LogP contribution in [0.1, 0.15) is 0 Å². The Balaban J connectivity index is 1.96. The van der Waals surface area contributed by atoms with E-state index in [1.54, 1.807) is 37.6 Å². The summed E-state index contributed by atoms with van der Waals surface area (Å²) in [6.45, 7) is -3.05. The lowest BCUT2D eigenvalue weighted by atomic mass is 10.0. The van der Waals surface area contributed by atoms with Gasteiger partial charge < -0.3 is 14.8 Å². The molecular weight excluding hydrogens is 409 g/mol. The molecule has 1 N–H and O–H groups in total. The van der Waals surface area contributed by atoms with Gasteiger partial charge in [0, 0.05) is 36.0 Å². The van der Waals surface area contributed by atoms with Crippen molar-refractivity contribution >= 4 is 16.7 Å². The summed E-state index contributed by atoms with van der Waals surface area (Å²) in [5.74, 6) is 0.536. The Hall–Kier alpha value is -3.88. The lowest BCUT2D eigenvalue weighted by Gasteiger charge is -2.15. The largest absolute Gasteiger partial charge is 0.494 e. The van der Waals surface area contributed by atoms with E-state index in [4.69, 9.17) is 4.74 Å². The molecule has 0 aliphatic carbocycles. The van der Waals surface area contributed by atoms with E-state index in [-0.39, 0.29) is 11.3 Å². The molecule has 0 aliphatic heterocycles. The van der Waals surface area contributed by atoms with Crippen molar-refractivity contribution in [1.82, 2.24) is 15.0 Å². The number of anilines is 1. The molecule has 0 spiro atoms. The zero-order valence-corrected chi connectivity index (χ0v) is 16.6. The first-order chi connectivity index (χ1) is 15.0. The molecule has 0 saturated carbocycles. The van der Waals surface area contributed by atoms with Gasteiger partial charge in [-0.15, -0.1) is 0 Å². The second kappa shape index (κ2) is 8.47. The number of rotatable bonds is 6. The van der Waals surface area contributed by atoms with Crippen molar-refractivity contribution in [1.29, 1.82) is 0 Å². The summed E-state index contributed by atoms with van der Waals surface area (Å²) in [6.07, 6.45) is 3.29. The molecule has 6 nitrogen and oxygen atoms in total. The summed E-state index contributed by atoms with van der Waals surface area (Å²) in [6, 6.07) is 10.2. The maximum absolute atomic E-state index is 13.9. The first-order valence-corrected chi connectivity index (χ1v) is 9.23. The summed E-state index contributed by atoms with van der Waals surface area (Å²) in [4.78, 5) is 13.2. The number of pyridine rings is 1. The molecule has 0 amide bonds. The highest BCUT2D eigenvalue weighted by molar-refractivity contribution is 5.98. The minimum absolute atomic E-state index is 0.152. The first-order valence-electron chi connectivity index (χ1n) is 9.23. The fourth-order valence-corrected chi connectivity index (χ4v) is 3.25. The average Bonchev–Trinajstić information content (AvgIpc) is 2.79. The third-order valence-corrected chi connectivity index (χ3v) is 4.61. The van der Waals surface area contributed by atoms with Gasteiger partial charge in [-0.1, -0.05) is 0 Å². The number of ether oxygens (including phenoxy) is 2. The maximum Gasteiger partial charge on any atom is 0.387 e. The monoisotopic (exact) mass is 426 g/mol. The third-order valence-electron chi connectivity index (χ3n) is 4.61. The lowest BCUT2D eigenvalue weighted by molar-refractivity contribution is -0.0494. The van der Waals surface area contributed by atoms with Crippen LogP contribution < -0.4 is 14.8 Å². The minimum atomic E-state index is -3.05. The Morgan fingerprint density at radius 3 is 2.52 bits per heavy atom. The molecule has 2 aromatic carbocycles. The van der Waals surface area contributed by atoms with E-state index in [0.717, 1.165) is 18.2 Å². The molecule has 0 radical (unpaired) electrons. The van der Waals surface area contributed by atoms with Crippen LogP contribution >= 0.6 is 0 Å². The van der Waals surface area contributed by atoms with Crippen LogP contribution in [0.15, 0.2) is 54.9 Å². The zero-order valence-electron chi connectivity index (χ0n) is 16.6. The summed E-state index contributed by atoms with van der Waals surface area (Å²) in [7, 11) is 3.16. The molecule has 4 rings (SSSR count). The second-order valence-electron chi connectivity index (χ2n) is 6.48. The molecule has 0 bridgehead atoms. The highest BCUT2D eigenvalue weighted by Gasteiger charge is 2.18. The van der Waals surface area contributed by atoms with Gasteiger partial charge in [-0.25, -0.2) is 14.4 Å². The molecule has 4 aromatic rings. The van der Waals surface area contributed by atoms with Crippen LogP contribution in [0, 0.1) is 5.82 Å². The molecule has 0 saturated heterocycles. The van der Waals surface area contributed by atoms with Gasteiger partial charge >= 0.3 is 6.61 Å². The second-order valence-corrected chi connectivity index (χ2v) is 6.48. The van der Waals surface area contributed by atoms with Crippen molar-refractivity contribution < 1.29 is 22.6 Å². The molecule has 0 unspecified atom stereocenters. The molecule has 9 heteroatoms. The number of aromatic nitrogens is 3. The summed E-state index contributed by atoms with van der Waals surface area (Å²) < 4.78 is 49.8. The number of nitrogens with one attached hydrogen (secondary N) is 1. The van der Waals surface area contributed by atoms with Crippen molar-refractivity contribution in [2.75, 3.05) is 19.5 Å². The maximum atomic E-state index is 13.9. The SMILES string of the molecule is CNc1nc(-c2cccnc2)nc2c(OC)cc(-c3cc(F)ccc3OC(F)F)cc12. The molecule has 2 aromatic heterocycles. The van der Waals surface area contributed by atoms with E-state index in [1.807, 2.05) is 6.07 Å². The van der Waals surface area contributed by atoms with Crippen LogP contribution in [0.3, 0.4) is 0 Å². The van der Waals surface area contributed by atoms with Crippen molar-refractivity contribution in [2.45, 2.75) is 6.61 Å². The molecule has 2 heterocycles. The lowest BCUT2D eigenvalue weighted by Crippen LogP contribution is -2.04. The fourth-order valence-electron chi connectivity index (χ4n) is 3.25. The van der Waals surface area contributed by atoms with Gasteiger partial charge in [-0.05, 0) is 48.0 Å². The Labute approximate surface area is 175 Å². The first kappa shape index (κ1) is 20.4. The van der Waals surface area contributed by atoms with Gasteiger partial charge in [-0.2, -0.15) is 8.78 Å². The van der Waals surface area contributed by atoms with Crippen LogP contribution in [0.5, 0.6) is 11.5 Å². The standard InChI is InChI=1S/C22H17F3N4O2/c1-26-21-16-8-13(15-10-14(23)5-6-17(15)31-22(24)25)9-18(30-2)19(16)28-20(29-21)12-4-3-7-27-11-12/h3-11,22H,1-2H3,(H,26,28,29). The van der Waals surface area contributed by atoms with Gasteiger partial charge in [0.2, 0.25) is 0 Å². The quantitative estimate of drug-likeness (QED) is 0.460. The molecular formula is C22H17F3N4O2. The Morgan fingerprint density at radius 1 is 1.00 bits per heavy atom. The van der Waals surface area contributed by atoms with Crippen molar-refractivity contribution in [3.05, 3.63) is 60.7 Å². The number of benzene rings is 2. The smallest absolute Gasteiger partial charge is 0.387 e. The van der Waals surface area contributed by atoms with E-state index < -0.39 is 12.4 Å².